The van der Waals surface area contributed by atoms with Gasteiger partial charge in [-0.05, 0) is 37.5 Å². The Hall–Kier alpha value is -1.11. The summed E-state index contributed by atoms with van der Waals surface area (Å²) in [5.41, 5.74) is 1.31. The molecule has 0 atom stereocenters. The third-order valence-electron chi connectivity index (χ3n) is 3.48. The highest BCUT2D eigenvalue weighted by Gasteiger charge is 2.22. The molecule has 19 heavy (non-hydrogen) atoms. The van der Waals surface area contributed by atoms with Crippen molar-refractivity contribution in [2.75, 3.05) is 13.1 Å². The maximum Gasteiger partial charge on any atom is 0.330 e. The first-order valence-electron chi connectivity index (χ1n) is 5.98. The lowest BCUT2D eigenvalue weighted by Crippen LogP contribution is -2.34. The Balaban J connectivity index is 0.00000133. The summed E-state index contributed by atoms with van der Waals surface area (Å²) in [5, 5.41) is 3.47. The lowest BCUT2D eigenvalue weighted by atomic mass is 10.1. The summed E-state index contributed by atoms with van der Waals surface area (Å²) in [6.45, 7) is 1.85. The summed E-state index contributed by atoms with van der Waals surface area (Å²) in [6.07, 6.45) is 3.46. The molecule has 1 N–H and O–H groups in total. The predicted octanol–water partition coefficient (Wildman–Crippen LogP) is 1.13. The number of hydrogen-bond acceptors (Lipinski definition) is 4. The van der Waals surface area contributed by atoms with Crippen LogP contribution in [-0.4, -0.2) is 32.2 Å². The molecule has 6 nitrogen and oxygen atoms in total. The first-order valence-corrected chi connectivity index (χ1v) is 6.36. The molecule has 1 aliphatic heterocycles. The Morgan fingerprint density at radius 2 is 2.11 bits per heavy atom. The van der Waals surface area contributed by atoms with Crippen LogP contribution in [0.1, 0.15) is 18.9 Å². The maximum atomic E-state index is 12.3. The molecule has 104 valence electrons. The van der Waals surface area contributed by atoms with Crippen molar-refractivity contribution in [3.05, 3.63) is 22.0 Å². The van der Waals surface area contributed by atoms with Crippen LogP contribution in [0.15, 0.2) is 11.0 Å². The van der Waals surface area contributed by atoms with Gasteiger partial charge >= 0.3 is 5.69 Å². The zero-order valence-electron chi connectivity index (χ0n) is 10.5. The maximum absolute atomic E-state index is 12.3. The predicted molar refractivity (Wildman–Crippen MR) is 76.2 cm³/mol. The van der Waals surface area contributed by atoms with Crippen molar-refractivity contribution in [3.8, 4) is 0 Å². The molecule has 3 rings (SSSR count). The second-order valence-corrected chi connectivity index (χ2v) is 4.88. The van der Waals surface area contributed by atoms with Crippen LogP contribution in [0.3, 0.4) is 0 Å². The molecular formula is C11H15Cl2N5O. The van der Waals surface area contributed by atoms with Gasteiger partial charge in [0.1, 0.15) is 5.52 Å². The van der Waals surface area contributed by atoms with E-state index in [2.05, 4.69) is 15.3 Å². The van der Waals surface area contributed by atoms with Crippen molar-refractivity contribution in [2.24, 2.45) is 7.05 Å². The Labute approximate surface area is 121 Å². The minimum atomic E-state index is -0.0477. The highest BCUT2D eigenvalue weighted by molar-refractivity contribution is 6.28. The third-order valence-corrected chi connectivity index (χ3v) is 3.66. The standard InChI is InChI=1S/C11H14ClN5O.ClH/c1-16-8-6-14-10(12)15-9(8)17(11(16)18)7-2-4-13-5-3-7;/h6-7,13H,2-5H2,1H3;1H. The van der Waals surface area contributed by atoms with E-state index < -0.39 is 0 Å². The number of aryl methyl sites for hydroxylation is 1. The van der Waals surface area contributed by atoms with Crippen molar-refractivity contribution < 1.29 is 0 Å². The Bertz CT molecular complexity index is 644. The van der Waals surface area contributed by atoms with Gasteiger partial charge in [-0.2, -0.15) is 4.98 Å². The van der Waals surface area contributed by atoms with Gasteiger partial charge in [-0.25, -0.2) is 9.78 Å². The van der Waals surface area contributed by atoms with Gasteiger partial charge in [0.2, 0.25) is 5.28 Å². The van der Waals surface area contributed by atoms with Crippen molar-refractivity contribution in [1.82, 2.24) is 24.4 Å². The lowest BCUT2D eigenvalue weighted by Gasteiger charge is -2.23. The van der Waals surface area contributed by atoms with Crippen LogP contribution in [0.4, 0.5) is 0 Å². The van der Waals surface area contributed by atoms with E-state index in [4.69, 9.17) is 11.6 Å². The van der Waals surface area contributed by atoms with Gasteiger partial charge in [-0.15, -0.1) is 12.4 Å². The highest BCUT2D eigenvalue weighted by Crippen LogP contribution is 2.21. The molecule has 0 bridgehead atoms. The van der Waals surface area contributed by atoms with E-state index in [1.54, 1.807) is 22.4 Å². The fourth-order valence-corrected chi connectivity index (χ4v) is 2.64. The van der Waals surface area contributed by atoms with Gasteiger partial charge in [-0.1, -0.05) is 0 Å². The molecule has 0 aromatic carbocycles. The van der Waals surface area contributed by atoms with Gasteiger partial charge < -0.3 is 5.32 Å². The average Bonchev–Trinajstić information content (AvgIpc) is 2.63. The van der Waals surface area contributed by atoms with Crippen LogP contribution >= 0.6 is 24.0 Å². The molecule has 0 saturated carbocycles. The van der Waals surface area contributed by atoms with E-state index in [1.165, 1.54) is 0 Å². The fraction of sp³-hybridized carbons (Fsp3) is 0.545. The summed E-state index contributed by atoms with van der Waals surface area (Å²) < 4.78 is 3.33. The van der Waals surface area contributed by atoms with Gasteiger partial charge in [-0.3, -0.25) is 9.13 Å². The van der Waals surface area contributed by atoms with Gasteiger partial charge in [0, 0.05) is 13.1 Å². The van der Waals surface area contributed by atoms with Crippen LogP contribution in [0.5, 0.6) is 0 Å². The fourth-order valence-electron chi connectivity index (χ4n) is 2.51. The van der Waals surface area contributed by atoms with Gasteiger partial charge in [0.25, 0.3) is 0 Å². The monoisotopic (exact) mass is 303 g/mol. The number of hydrogen-bond donors (Lipinski definition) is 1. The van der Waals surface area contributed by atoms with E-state index in [9.17, 15) is 4.79 Å². The van der Waals surface area contributed by atoms with E-state index >= 15 is 0 Å². The van der Waals surface area contributed by atoms with Crippen molar-refractivity contribution in [2.45, 2.75) is 18.9 Å². The summed E-state index contributed by atoms with van der Waals surface area (Å²) in [7, 11) is 1.74. The van der Waals surface area contributed by atoms with Crippen LogP contribution in [0, 0.1) is 0 Å². The van der Waals surface area contributed by atoms with Crippen molar-refractivity contribution in [3.63, 3.8) is 0 Å². The number of rotatable bonds is 1. The number of piperidine rings is 1. The van der Waals surface area contributed by atoms with E-state index in [1.807, 2.05) is 0 Å². The molecule has 1 saturated heterocycles. The number of nitrogens with zero attached hydrogens (tertiary/aromatic N) is 4. The van der Waals surface area contributed by atoms with Crippen LogP contribution < -0.4 is 11.0 Å². The van der Waals surface area contributed by atoms with E-state index in [0.29, 0.717) is 5.65 Å². The second kappa shape index (κ2) is 5.48. The molecule has 8 heteroatoms. The first-order chi connectivity index (χ1) is 8.68. The quantitative estimate of drug-likeness (QED) is 0.802. The van der Waals surface area contributed by atoms with Gasteiger partial charge in [0.15, 0.2) is 5.65 Å². The first kappa shape index (κ1) is 14.3. The SMILES string of the molecule is Cl.Cn1c(=O)n(C2CCNCC2)c2nc(Cl)ncc21. The minimum Gasteiger partial charge on any atom is -0.317 e. The third kappa shape index (κ3) is 2.35. The van der Waals surface area contributed by atoms with Crippen LogP contribution in [0.2, 0.25) is 5.28 Å². The summed E-state index contributed by atoms with van der Waals surface area (Å²) in [5.74, 6) is 0. The molecular weight excluding hydrogens is 289 g/mol. The summed E-state index contributed by atoms with van der Waals surface area (Å²) >= 11 is 5.83. The number of halogens is 2. The smallest absolute Gasteiger partial charge is 0.317 e. The average molecular weight is 304 g/mol. The molecule has 0 spiro atoms. The second-order valence-electron chi connectivity index (χ2n) is 4.54. The molecule has 0 amide bonds. The number of imidazole rings is 1. The molecule has 1 fully saturated rings. The number of fused-ring (bicyclic) bond motifs is 1. The van der Waals surface area contributed by atoms with Crippen LogP contribution in [0.25, 0.3) is 11.2 Å². The largest absolute Gasteiger partial charge is 0.330 e. The number of nitrogens with one attached hydrogen (secondary N) is 1. The summed E-state index contributed by atoms with van der Waals surface area (Å²) in [4.78, 5) is 20.4. The molecule has 2 aromatic rings. The van der Waals surface area contributed by atoms with E-state index in [-0.39, 0.29) is 29.4 Å². The molecule has 0 aliphatic carbocycles. The normalized spacial score (nSPS) is 16.5. The Kier molecular flexibility index (Phi) is 4.13. The molecule has 3 heterocycles. The topological polar surface area (TPSA) is 64.7 Å². The molecule has 0 radical (unpaired) electrons. The van der Waals surface area contributed by atoms with Crippen LogP contribution in [-0.2, 0) is 7.05 Å². The summed E-state index contributed by atoms with van der Waals surface area (Å²) in [6, 6.07) is 0.188. The van der Waals surface area contributed by atoms with E-state index in [0.717, 1.165) is 31.4 Å². The molecule has 1 aliphatic rings. The zero-order chi connectivity index (χ0) is 12.7. The van der Waals surface area contributed by atoms with Gasteiger partial charge in [0.05, 0.1) is 6.20 Å². The lowest BCUT2D eigenvalue weighted by molar-refractivity contribution is 0.364. The van der Waals surface area contributed by atoms with Crippen molar-refractivity contribution in [1.29, 1.82) is 0 Å². The Morgan fingerprint density at radius 1 is 1.42 bits per heavy atom. The molecule has 0 unspecified atom stereocenters. The molecule has 2 aromatic heterocycles. The van der Waals surface area contributed by atoms with Crippen molar-refractivity contribution >= 4 is 35.2 Å². The highest BCUT2D eigenvalue weighted by atomic mass is 35.5. The number of aromatic nitrogens is 4. The zero-order valence-corrected chi connectivity index (χ0v) is 12.0. The Morgan fingerprint density at radius 3 is 2.79 bits per heavy atom. The minimum absolute atomic E-state index is 0.